The zero-order valence-corrected chi connectivity index (χ0v) is 16.6. The summed E-state index contributed by atoms with van der Waals surface area (Å²) in [7, 11) is 0. The van der Waals surface area contributed by atoms with Crippen LogP contribution >= 0.6 is 0 Å². The van der Waals surface area contributed by atoms with E-state index < -0.39 is 22.8 Å². The number of phenolic OH excluding ortho intramolecular Hbond substituents is 2. The monoisotopic (exact) mass is 394 g/mol. The van der Waals surface area contributed by atoms with Gasteiger partial charge in [0.15, 0.2) is 5.78 Å². The largest absolute Gasteiger partial charge is 0.507 e. The normalized spacial score (nSPS) is 25.2. The molecule has 1 unspecified atom stereocenters. The summed E-state index contributed by atoms with van der Waals surface area (Å²) in [4.78, 5) is 26.5. The Balaban J connectivity index is 1.74. The van der Waals surface area contributed by atoms with Crippen molar-refractivity contribution < 1.29 is 24.5 Å². The molecule has 2 aromatic carbocycles. The minimum absolute atomic E-state index is 0.159. The number of rotatable bonds is 0. The van der Waals surface area contributed by atoms with Crippen LogP contribution in [0.15, 0.2) is 24.3 Å². The molecule has 0 amide bonds. The molecule has 1 spiro atoms. The minimum Gasteiger partial charge on any atom is -0.507 e. The molecular formula is C22H22N2O5. The van der Waals surface area contributed by atoms with E-state index in [0.29, 0.717) is 18.0 Å². The average molecular weight is 394 g/mol. The molecule has 2 heterocycles. The first-order chi connectivity index (χ1) is 13.5. The Morgan fingerprint density at radius 1 is 0.862 bits per heavy atom. The lowest BCUT2D eigenvalue weighted by Crippen LogP contribution is -2.62. The summed E-state index contributed by atoms with van der Waals surface area (Å²) in [6.07, 6.45) is 0. The molecule has 1 atom stereocenters. The molecule has 0 radical (unpaired) electrons. The molecule has 150 valence electrons. The molecular weight excluding hydrogens is 372 g/mol. The molecule has 4 N–H and O–H groups in total. The van der Waals surface area contributed by atoms with Crippen molar-refractivity contribution >= 4 is 22.9 Å². The van der Waals surface area contributed by atoms with Gasteiger partial charge in [0.25, 0.3) is 0 Å². The van der Waals surface area contributed by atoms with Crippen LogP contribution in [0.4, 0.5) is 11.4 Å². The SMILES string of the molecule is CC1(C)COC(C)(C)C12Nc1ccc3c(c1N2)C(=O)c1c(O)ccc(O)c1C3=O. The molecule has 2 aliphatic heterocycles. The maximum atomic E-state index is 13.4. The Morgan fingerprint density at radius 2 is 1.48 bits per heavy atom. The van der Waals surface area contributed by atoms with Gasteiger partial charge in [-0.1, -0.05) is 13.8 Å². The first-order valence-electron chi connectivity index (χ1n) is 9.52. The lowest BCUT2D eigenvalue weighted by atomic mass is 9.73. The summed E-state index contributed by atoms with van der Waals surface area (Å²) in [6, 6.07) is 5.78. The van der Waals surface area contributed by atoms with Crippen LogP contribution in [-0.2, 0) is 4.74 Å². The van der Waals surface area contributed by atoms with E-state index in [2.05, 4.69) is 24.5 Å². The summed E-state index contributed by atoms with van der Waals surface area (Å²) in [5.74, 6) is -1.64. The summed E-state index contributed by atoms with van der Waals surface area (Å²) in [5.41, 5.74) is -0.326. The Morgan fingerprint density at radius 3 is 2.07 bits per heavy atom. The number of anilines is 2. The molecule has 0 bridgehead atoms. The molecule has 5 rings (SSSR count). The van der Waals surface area contributed by atoms with Crippen molar-refractivity contribution in [2.45, 2.75) is 39.0 Å². The van der Waals surface area contributed by atoms with Gasteiger partial charge in [0.05, 0.1) is 34.7 Å². The van der Waals surface area contributed by atoms with Crippen LogP contribution in [0.5, 0.6) is 11.5 Å². The van der Waals surface area contributed by atoms with E-state index in [1.807, 2.05) is 13.8 Å². The third kappa shape index (κ3) is 1.95. The molecule has 0 saturated carbocycles. The van der Waals surface area contributed by atoms with E-state index in [4.69, 9.17) is 4.74 Å². The van der Waals surface area contributed by atoms with E-state index in [1.165, 1.54) is 12.1 Å². The van der Waals surface area contributed by atoms with Crippen molar-refractivity contribution in [3.05, 3.63) is 46.5 Å². The van der Waals surface area contributed by atoms with Crippen LogP contribution in [0, 0.1) is 5.41 Å². The lowest BCUT2D eigenvalue weighted by Gasteiger charge is -2.45. The van der Waals surface area contributed by atoms with Crippen molar-refractivity contribution in [3.63, 3.8) is 0 Å². The van der Waals surface area contributed by atoms with Gasteiger partial charge in [-0.2, -0.15) is 0 Å². The summed E-state index contributed by atoms with van der Waals surface area (Å²) >= 11 is 0. The number of hydrogen-bond acceptors (Lipinski definition) is 7. The second-order valence-electron chi connectivity index (χ2n) is 9.11. The fraction of sp³-hybridized carbons (Fsp3) is 0.364. The van der Waals surface area contributed by atoms with Crippen molar-refractivity contribution in [3.8, 4) is 11.5 Å². The van der Waals surface area contributed by atoms with E-state index in [0.717, 1.165) is 0 Å². The van der Waals surface area contributed by atoms with Crippen LogP contribution in [0.2, 0.25) is 0 Å². The second kappa shape index (κ2) is 5.10. The smallest absolute Gasteiger partial charge is 0.200 e. The van der Waals surface area contributed by atoms with Crippen molar-refractivity contribution in [2.75, 3.05) is 17.2 Å². The second-order valence-corrected chi connectivity index (χ2v) is 9.11. The van der Waals surface area contributed by atoms with Gasteiger partial charge in [0.2, 0.25) is 5.78 Å². The standard InChI is InChI=1S/C22H22N2O5/c1-20(2)9-29-21(3,4)22(20)23-11-6-5-10-14(17(11)24-22)19(28)16-13(26)8-7-12(25)15(16)18(10)27/h5-8,23-26H,9H2,1-4H3. The Hall–Kier alpha value is -3.06. The van der Waals surface area contributed by atoms with Crippen molar-refractivity contribution in [1.29, 1.82) is 0 Å². The minimum atomic E-state index is -0.693. The number of benzene rings is 2. The highest BCUT2D eigenvalue weighted by molar-refractivity contribution is 6.32. The van der Waals surface area contributed by atoms with E-state index in [1.54, 1.807) is 12.1 Å². The van der Waals surface area contributed by atoms with Gasteiger partial charge >= 0.3 is 0 Å². The highest BCUT2D eigenvalue weighted by Crippen LogP contribution is 2.56. The third-order valence-electron chi connectivity index (χ3n) is 6.64. The van der Waals surface area contributed by atoms with E-state index >= 15 is 0 Å². The zero-order chi connectivity index (χ0) is 20.9. The maximum absolute atomic E-state index is 13.4. The average Bonchev–Trinajstić information content (AvgIpc) is 3.14. The highest BCUT2D eigenvalue weighted by Gasteiger charge is 2.64. The topological polar surface area (TPSA) is 108 Å². The van der Waals surface area contributed by atoms with Crippen LogP contribution in [0.1, 0.15) is 59.5 Å². The van der Waals surface area contributed by atoms with Crippen molar-refractivity contribution in [1.82, 2.24) is 0 Å². The number of nitrogens with one attached hydrogen (secondary N) is 2. The Kier molecular flexibility index (Phi) is 3.17. The first kappa shape index (κ1) is 18.0. The molecule has 1 saturated heterocycles. The Labute approximate surface area is 167 Å². The van der Waals surface area contributed by atoms with Gasteiger partial charge in [-0.3, -0.25) is 9.59 Å². The van der Waals surface area contributed by atoms with Gasteiger partial charge in [-0.25, -0.2) is 0 Å². The molecule has 1 fully saturated rings. The molecule has 0 aromatic heterocycles. The molecule has 1 aliphatic carbocycles. The molecule has 7 heteroatoms. The van der Waals surface area contributed by atoms with Crippen LogP contribution in [-0.4, -0.2) is 39.7 Å². The number of aromatic hydroxyl groups is 2. The molecule has 2 aromatic rings. The van der Waals surface area contributed by atoms with E-state index in [9.17, 15) is 19.8 Å². The van der Waals surface area contributed by atoms with Gasteiger partial charge in [0.1, 0.15) is 22.8 Å². The highest BCUT2D eigenvalue weighted by atomic mass is 16.5. The summed E-state index contributed by atoms with van der Waals surface area (Å²) < 4.78 is 6.06. The number of phenols is 2. The number of carbonyl (C=O) groups is 2. The van der Waals surface area contributed by atoms with Gasteiger partial charge in [-0.15, -0.1) is 0 Å². The fourth-order valence-electron chi connectivity index (χ4n) is 5.01. The molecule has 7 nitrogen and oxygen atoms in total. The van der Waals surface area contributed by atoms with Crippen LogP contribution < -0.4 is 10.6 Å². The predicted octanol–water partition coefficient (Wildman–Crippen LogP) is 3.24. The molecule has 3 aliphatic rings. The number of ketones is 2. The quantitative estimate of drug-likeness (QED) is 0.434. The number of fused-ring (bicyclic) bond motifs is 4. The number of ether oxygens (including phenoxy) is 1. The van der Waals surface area contributed by atoms with Gasteiger partial charge in [-0.05, 0) is 38.1 Å². The van der Waals surface area contributed by atoms with Crippen LogP contribution in [0.25, 0.3) is 0 Å². The Bertz CT molecular complexity index is 1120. The summed E-state index contributed by atoms with van der Waals surface area (Å²) in [5, 5.41) is 27.4. The molecule has 29 heavy (non-hydrogen) atoms. The number of carbonyl (C=O) groups excluding carboxylic acids is 2. The van der Waals surface area contributed by atoms with Crippen molar-refractivity contribution in [2.24, 2.45) is 5.41 Å². The van der Waals surface area contributed by atoms with Gasteiger partial charge < -0.3 is 25.6 Å². The number of hydrogen-bond donors (Lipinski definition) is 4. The maximum Gasteiger partial charge on any atom is 0.200 e. The van der Waals surface area contributed by atoms with E-state index in [-0.39, 0.29) is 39.2 Å². The van der Waals surface area contributed by atoms with Gasteiger partial charge in [0, 0.05) is 11.0 Å². The summed E-state index contributed by atoms with van der Waals surface area (Å²) in [6.45, 7) is 8.62. The van der Waals surface area contributed by atoms with Crippen LogP contribution in [0.3, 0.4) is 0 Å². The lowest BCUT2D eigenvalue weighted by molar-refractivity contribution is 0.0138. The first-order valence-corrected chi connectivity index (χ1v) is 9.52. The third-order valence-corrected chi connectivity index (χ3v) is 6.64. The zero-order valence-electron chi connectivity index (χ0n) is 16.6. The fourth-order valence-corrected chi connectivity index (χ4v) is 5.01. The predicted molar refractivity (Wildman–Crippen MR) is 107 cm³/mol.